The van der Waals surface area contributed by atoms with Gasteiger partial charge in [-0.3, -0.25) is 14.9 Å². The summed E-state index contributed by atoms with van der Waals surface area (Å²) in [5.41, 5.74) is 0.293. The number of nitrogens with zero attached hydrogens (tertiary/aromatic N) is 3. The van der Waals surface area contributed by atoms with Crippen molar-refractivity contribution in [3.63, 3.8) is 0 Å². The molecule has 0 saturated heterocycles. The van der Waals surface area contributed by atoms with Crippen molar-refractivity contribution in [1.29, 1.82) is 0 Å². The Balaban J connectivity index is 2.28. The predicted molar refractivity (Wildman–Crippen MR) is 76.8 cm³/mol. The van der Waals surface area contributed by atoms with E-state index in [9.17, 15) is 14.9 Å². The van der Waals surface area contributed by atoms with Crippen LogP contribution in [0.15, 0.2) is 41.7 Å². The van der Waals surface area contributed by atoms with Crippen LogP contribution < -0.4 is 5.32 Å². The van der Waals surface area contributed by atoms with Crippen molar-refractivity contribution in [3.05, 3.63) is 46.8 Å². The van der Waals surface area contributed by atoms with Crippen LogP contribution in [0.1, 0.15) is 0 Å². The number of anilines is 2. The van der Waals surface area contributed by atoms with Crippen molar-refractivity contribution in [1.82, 2.24) is 9.97 Å². The van der Waals surface area contributed by atoms with E-state index in [-0.39, 0.29) is 17.3 Å². The van der Waals surface area contributed by atoms with Crippen molar-refractivity contribution >= 4 is 34.9 Å². The van der Waals surface area contributed by atoms with Crippen LogP contribution in [-0.4, -0.2) is 31.7 Å². The molecule has 0 aromatic carbocycles. The maximum Gasteiger partial charge on any atom is 0.313 e. The molecule has 2 heterocycles. The Morgan fingerprint density at radius 3 is 2.76 bits per heavy atom. The summed E-state index contributed by atoms with van der Waals surface area (Å²) in [6.45, 7) is 0. The van der Waals surface area contributed by atoms with E-state index in [1.807, 2.05) is 0 Å². The van der Waals surface area contributed by atoms with Crippen molar-refractivity contribution in [2.75, 3.05) is 11.1 Å². The summed E-state index contributed by atoms with van der Waals surface area (Å²) < 4.78 is 0. The highest BCUT2D eigenvalue weighted by molar-refractivity contribution is 8.00. The van der Waals surface area contributed by atoms with Gasteiger partial charge in [0.25, 0.3) is 0 Å². The summed E-state index contributed by atoms with van der Waals surface area (Å²) in [7, 11) is 0. The Morgan fingerprint density at radius 2 is 2.05 bits per heavy atom. The minimum Gasteiger partial charge on any atom is -0.481 e. The number of aliphatic carboxylic acids is 1. The Kier molecular flexibility index (Phi) is 4.67. The topological polar surface area (TPSA) is 118 Å². The van der Waals surface area contributed by atoms with Gasteiger partial charge in [-0.25, -0.2) is 9.97 Å². The Morgan fingerprint density at radius 1 is 1.33 bits per heavy atom. The number of thioether (sulfide) groups is 1. The number of nitrogens with one attached hydrogen (secondary N) is 1. The molecule has 2 aromatic heterocycles. The highest BCUT2D eigenvalue weighted by Gasteiger charge is 2.16. The summed E-state index contributed by atoms with van der Waals surface area (Å²) in [6.07, 6.45) is 2.94. The molecule has 0 bridgehead atoms. The minimum absolute atomic E-state index is 0.0766. The number of carboxylic acid groups (broad SMARTS) is 1. The summed E-state index contributed by atoms with van der Waals surface area (Å²) >= 11 is 1.02. The van der Waals surface area contributed by atoms with Gasteiger partial charge in [-0.2, -0.15) is 0 Å². The summed E-state index contributed by atoms with van der Waals surface area (Å²) in [5.74, 6) is -1.05. The Hall–Kier alpha value is -2.68. The third-order valence-electron chi connectivity index (χ3n) is 2.34. The third-order valence-corrected chi connectivity index (χ3v) is 3.33. The molecule has 0 aliphatic rings. The Labute approximate surface area is 123 Å². The van der Waals surface area contributed by atoms with Gasteiger partial charge in [-0.15, -0.1) is 0 Å². The quantitative estimate of drug-likeness (QED) is 0.474. The lowest BCUT2D eigenvalue weighted by Gasteiger charge is -2.09. The van der Waals surface area contributed by atoms with Gasteiger partial charge < -0.3 is 10.4 Å². The number of hydrogen-bond acceptors (Lipinski definition) is 7. The average Bonchev–Trinajstić information content (AvgIpc) is 2.46. The highest BCUT2D eigenvalue weighted by Crippen LogP contribution is 2.30. The minimum atomic E-state index is -0.972. The Bertz CT molecular complexity index is 680. The first-order valence-electron chi connectivity index (χ1n) is 5.74. The van der Waals surface area contributed by atoms with Gasteiger partial charge in [-0.1, -0.05) is 11.8 Å². The van der Waals surface area contributed by atoms with E-state index in [4.69, 9.17) is 5.11 Å². The average molecular weight is 306 g/mol. The fraction of sp³-hybridized carbons (Fsp3) is 0.0833. The second-order valence-corrected chi connectivity index (χ2v) is 4.76. The maximum atomic E-state index is 10.9. The van der Waals surface area contributed by atoms with Gasteiger partial charge >= 0.3 is 11.7 Å². The van der Waals surface area contributed by atoms with Crippen molar-refractivity contribution < 1.29 is 14.8 Å². The molecule has 108 valence electrons. The van der Waals surface area contributed by atoms with Crippen LogP contribution in [0.5, 0.6) is 0 Å². The number of pyridine rings is 2. The van der Waals surface area contributed by atoms with E-state index in [1.54, 1.807) is 12.1 Å². The third kappa shape index (κ3) is 3.89. The van der Waals surface area contributed by atoms with Crippen LogP contribution in [-0.2, 0) is 4.79 Å². The highest BCUT2D eigenvalue weighted by atomic mass is 32.2. The van der Waals surface area contributed by atoms with E-state index >= 15 is 0 Å². The monoisotopic (exact) mass is 306 g/mol. The van der Waals surface area contributed by atoms with Gasteiger partial charge in [0.2, 0.25) is 5.82 Å². The van der Waals surface area contributed by atoms with E-state index in [0.29, 0.717) is 10.7 Å². The molecule has 0 radical (unpaired) electrons. The number of nitro groups is 1. The first-order valence-corrected chi connectivity index (χ1v) is 6.72. The standard InChI is InChI=1S/C12H10N4O4S/c17-10(18)7-21-12-8(3-1-6-14-12)15-11-9(16(19)20)4-2-5-13-11/h1-6H,7H2,(H,13,15)(H,17,18). The molecule has 0 atom stereocenters. The van der Waals surface area contributed by atoms with Crippen molar-refractivity contribution in [2.24, 2.45) is 0 Å². The molecular weight excluding hydrogens is 296 g/mol. The molecule has 21 heavy (non-hydrogen) atoms. The number of hydrogen-bond donors (Lipinski definition) is 2. The molecule has 8 nitrogen and oxygen atoms in total. The molecule has 0 amide bonds. The number of carboxylic acids is 1. The SMILES string of the molecule is O=C(O)CSc1ncccc1Nc1ncccc1[N+](=O)[O-]. The number of aromatic nitrogens is 2. The smallest absolute Gasteiger partial charge is 0.313 e. The molecular formula is C12H10N4O4S. The van der Waals surface area contributed by atoms with Crippen LogP contribution in [0.4, 0.5) is 17.2 Å². The maximum absolute atomic E-state index is 10.9. The van der Waals surface area contributed by atoms with E-state index in [0.717, 1.165) is 11.8 Å². The molecule has 0 spiro atoms. The lowest BCUT2D eigenvalue weighted by molar-refractivity contribution is -0.384. The second-order valence-electron chi connectivity index (χ2n) is 3.79. The van der Waals surface area contributed by atoms with Crippen LogP contribution in [0.2, 0.25) is 0 Å². The molecule has 0 saturated carbocycles. The zero-order valence-electron chi connectivity index (χ0n) is 10.6. The summed E-state index contributed by atoms with van der Waals surface area (Å²) in [4.78, 5) is 29.0. The predicted octanol–water partition coefficient (Wildman–Crippen LogP) is 2.31. The first-order chi connectivity index (χ1) is 10.1. The zero-order chi connectivity index (χ0) is 15.2. The molecule has 0 aliphatic carbocycles. The van der Waals surface area contributed by atoms with Crippen LogP contribution in [0.25, 0.3) is 0 Å². The van der Waals surface area contributed by atoms with Gasteiger partial charge in [0.05, 0.1) is 16.4 Å². The first kappa shape index (κ1) is 14.7. The van der Waals surface area contributed by atoms with E-state index in [1.165, 1.54) is 24.5 Å². The van der Waals surface area contributed by atoms with E-state index in [2.05, 4.69) is 15.3 Å². The largest absolute Gasteiger partial charge is 0.481 e. The van der Waals surface area contributed by atoms with Gasteiger partial charge in [-0.05, 0) is 18.2 Å². The van der Waals surface area contributed by atoms with Crippen LogP contribution in [0.3, 0.4) is 0 Å². The summed E-state index contributed by atoms with van der Waals surface area (Å²) in [6, 6.07) is 6.08. The molecule has 0 aliphatic heterocycles. The normalized spacial score (nSPS) is 10.1. The van der Waals surface area contributed by atoms with Crippen LogP contribution >= 0.6 is 11.8 Å². The van der Waals surface area contributed by atoms with Gasteiger partial charge in [0.15, 0.2) is 0 Å². The second kappa shape index (κ2) is 6.66. The molecule has 2 N–H and O–H groups in total. The fourth-order valence-electron chi connectivity index (χ4n) is 1.50. The molecule has 2 aromatic rings. The van der Waals surface area contributed by atoms with E-state index < -0.39 is 10.9 Å². The molecule has 9 heteroatoms. The molecule has 2 rings (SSSR count). The van der Waals surface area contributed by atoms with Gasteiger partial charge in [0, 0.05) is 18.5 Å². The van der Waals surface area contributed by atoms with Crippen molar-refractivity contribution in [3.8, 4) is 0 Å². The number of rotatable bonds is 6. The lowest BCUT2D eigenvalue weighted by atomic mass is 10.3. The summed E-state index contributed by atoms with van der Waals surface area (Å²) in [5, 5.41) is 22.9. The molecule has 0 unspecified atom stereocenters. The number of carbonyl (C=O) groups is 1. The van der Waals surface area contributed by atoms with Crippen LogP contribution in [0, 0.1) is 10.1 Å². The fourth-order valence-corrected chi connectivity index (χ4v) is 2.17. The van der Waals surface area contributed by atoms with Gasteiger partial charge in [0.1, 0.15) is 5.03 Å². The van der Waals surface area contributed by atoms with Crippen molar-refractivity contribution in [2.45, 2.75) is 5.03 Å². The molecule has 0 fully saturated rings. The lowest BCUT2D eigenvalue weighted by Crippen LogP contribution is -2.02. The zero-order valence-corrected chi connectivity index (χ0v) is 11.4.